The third kappa shape index (κ3) is 2.16. The number of hydrogen-bond acceptors (Lipinski definition) is 3. The molecule has 0 amide bonds. The number of hydrogen-bond donors (Lipinski definition) is 2. The summed E-state index contributed by atoms with van der Waals surface area (Å²) in [6, 6.07) is 7.37. The maximum atomic E-state index is 12.7. The molecule has 0 aliphatic carbocycles. The number of nitrogen functional groups attached to an aromatic ring is 2. The molecule has 0 aliphatic heterocycles. The zero-order valence-electron chi connectivity index (χ0n) is 12.4. The number of aryl methyl sites for hydroxylation is 2. The van der Waals surface area contributed by atoms with Gasteiger partial charge in [-0.1, -0.05) is 12.1 Å². The van der Waals surface area contributed by atoms with Gasteiger partial charge in [-0.05, 0) is 62.1 Å². The van der Waals surface area contributed by atoms with Crippen molar-refractivity contribution in [3.8, 4) is 0 Å². The Kier molecular flexibility index (Phi) is 3.53. The fraction of sp³-hybridized carbons (Fsp3) is 0.235. The van der Waals surface area contributed by atoms with Crippen molar-refractivity contribution in [3.63, 3.8) is 0 Å². The van der Waals surface area contributed by atoms with Crippen molar-refractivity contribution in [2.45, 2.75) is 27.7 Å². The molecule has 2 aromatic rings. The van der Waals surface area contributed by atoms with Gasteiger partial charge in [0.1, 0.15) is 0 Å². The zero-order valence-corrected chi connectivity index (χ0v) is 12.4. The molecule has 0 aromatic heterocycles. The van der Waals surface area contributed by atoms with Gasteiger partial charge in [-0.2, -0.15) is 0 Å². The van der Waals surface area contributed by atoms with Gasteiger partial charge in [0.05, 0.1) is 0 Å². The van der Waals surface area contributed by atoms with Crippen molar-refractivity contribution in [1.29, 1.82) is 0 Å². The minimum absolute atomic E-state index is 0.119. The topological polar surface area (TPSA) is 69.1 Å². The minimum atomic E-state index is -0.119. The predicted molar refractivity (Wildman–Crippen MR) is 84.1 cm³/mol. The summed E-state index contributed by atoms with van der Waals surface area (Å²) in [6.07, 6.45) is 0. The number of ketones is 1. The summed E-state index contributed by atoms with van der Waals surface area (Å²) >= 11 is 0. The van der Waals surface area contributed by atoms with E-state index >= 15 is 0 Å². The quantitative estimate of drug-likeness (QED) is 0.648. The molecule has 0 aliphatic rings. The van der Waals surface area contributed by atoms with Crippen LogP contribution in [0, 0.1) is 27.7 Å². The van der Waals surface area contributed by atoms with E-state index in [2.05, 4.69) is 0 Å². The molecule has 0 unspecified atom stereocenters. The standard InChI is InChI=1S/C17H20N2O/c1-9-5-7-13(15(18)11(9)3)17(20)14-8-6-10(2)12(4)16(14)19/h5-8H,18-19H2,1-4H3. The first-order valence-corrected chi connectivity index (χ1v) is 6.60. The lowest BCUT2D eigenvalue weighted by molar-refractivity contribution is 0.104. The summed E-state index contributed by atoms with van der Waals surface area (Å²) in [7, 11) is 0. The van der Waals surface area contributed by atoms with Crippen LogP contribution < -0.4 is 11.5 Å². The molecule has 0 bridgehead atoms. The van der Waals surface area contributed by atoms with E-state index in [0.717, 1.165) is 22.3 Å². The van der Waals surface area contributed by atoms with Crippen molar-refractivity contribution in [2.24, 2.45) is 0 Å². The minimum Gasteiger partial charge on any atom is -0.398 e. The highest BCUT2D eigenvalue weighted by Gasteiger charge is 2.18. The van der Waals surface area contributed by atoms with E-state index in [0.29, 0.717) is 22.5 Å². The van der Waals surface area contributed by atoms with E-state index in [-0.39, 0.29) is 5.78 Å². The second-order valence-corrected chi connectivity index (χ2v) is 5.27. The maximum Gasteiger partial charge on any atom is 0.197 e. The van der Waals surface area contributed by atoms with Crippen molar-refractivity contribution in [2.75, 3.05) is 11.5 Å². The molecule has 0 fully saturated rings. The Morgan fingerprint density at radius 3 is 1.45 bits per heavy atom. The van der Waals surface area contributed by atoms with Gasteiger partial charge in [0.15, 0.2) is 5.78 Å². The molecule has 3 heteroatoms. The monoisotopic (exact) mass is 268 g/mol. The number of benzene rings is 2. The lowest BCUT2D eigenvalue weighted by Crippen LogP contribution is -2.11. The Hall–Kier alpha value is -2.29. The summed E-state index contributed by atoms with van der Waals surface area (Å²) < 4.78 is 0. The summed E-state index contributed by atoms with van der Waals surface area (Å²) in [5, 5.41) is 0. The average molecular weight is 268 g/mol. The van der Waals surface area contributed by atoms with Crippen LogP contribution in [0.25, 0.3) is 0 Å². The van der Waals surface area contributed by atoms with Crippen LogP contribution in [0.3, 0.4) is 0 Å². The van der Waals surface area contributed by atoms with Gasteiger partial charge in [-0.15, -0.1) is 0 Å². The lowest BCUT2D eigenvalue weighted by Gasteiger charge is -2.13. The van der Waals surface area contributed by atoms with Crippen LogP contribution in [0.1, 0.15) is 38.2 Å². The normalized spacial score (nSPS) is 10.6. The summed E-state index contributed by atoms with van der Waals surface area (Å²) in [6.45, 7) is 7.80. The molecule has 104 valence electrons. The highest BCUT2D eigenvalue weighted by atomic mass is 16.1. The van der Waals surface area contributed by atoms with Gasteiger partial charge in [0.2, 0.25) is 0 Å². The average Bonchev–Trinajstić information content (AvgIpc) is 2.42. The van der Waals surface area contributed by atoms with Gasteiger partial charge < -0.3 is 11.5 Å². The van der Waals surface area contributed by atoms with Crippen LogP contribution in [-0.2, 0) is 0 Å². The van der Waals surface area contributed by atoms with Crippen LogP contribution in [0.2, 0.25) is 0 Å². The highest BCUT2D eigenvalue weighted by molar-refractivity contribution is 6.15. The maximum absolute atomic E-state index is 12.7. The Labute approximate surface area is 119 Å². The number of rotatable bonds is 2. The highest BCUT2D eigenvalue weighted by Crippen LogP contribution is 2.27. The summed E-state index contributed by atoms with van der Waals surface area (Å²) in [4.78, 5) is 12.7. The molecule has 0 saturated carbocycles. The smallest absolute Gasteiger partial charge is 0.197 e. The van der Waals surface area contributed by atoms with E-state index in [1.807, 2.05) is 39.8 Å². The van der Waals surface area contributed by atoms with E-state index in [1.165, 1.54) is 0 Å². The van der Waals surface area contributed by atoms with Crippen LogP contribution in [-0.4, -0.2) is 5.78 Å². The molecule has 3 nitrogen and oxygen atoms in total. The molecule has 0 atom stereocenters. The third-order valence-corrected chi connectivity index (χ3v) is 4.06. The Morgan fingerprint density at radius 2 is 1.10 bits per heavy atom. The van der Waals surface area contributed by atoms with Crippen molar-refractivity contribution >= 4 is 17.2 Å². The van der Waals surface area contributed by atoms with Gasteiger partial charge in [-0.3, -0.25) is 4.79 Å². The van der Waals surface area contributed by atoms with Crippen LogP contribution in [0.4, 0.5) is 11.4 Å². The second-order valence-electron chi connectivity index (χ2n) is 5.27. The molecule has 2 aromatic carbocycles. The van der Waals surface area contributed by atoms with Gasteiger partial charge in [-0.25, -0.2) is 0 Å². The largest absolute Gasteiger partial charge is 0.398 e. The fourth-order valence-electron chi connectivity index (χ4n) is 2.22. The van der Waals surface area contributed by atoms with Gasteiger partial charge >= 0.3 is 0 Å². The van der Waals surface area contributed by atoms with Crippen LogP contribution in [0.15, 0.2) is 24.3 Å². The molecule has 0 spiro atoms. The molecule has 2 rings (SSSR count). The van der Waals surface area contributed by atoms with Crippen LogP contribution in [0.5, 0.6) is 0 Å². The second kappa shape index (κ2) is 5.00. The van der Waals surface area contributed by atoms with Gasteiger partial charge in [0, 0.05) is 22.5 Å². The zero-order chi connectivity index (χ0) is 15.0. The van der Waals surface area contributed by atoms with Gasteiger partial charge in [0.25, 0.3) is 0 Å². The molecule has 20 heavy (non-hydrogen) atoms. The number of carbonyl (C=O) groups is 1. The Balaban J connectivity index is 2.58. The Bertz CT molecular complexity index is 643. The predicted octanol–water partition coefficient (Wildman–Crippen LogP) is 3.32. The van der Waals surface area contributed by atoms with Crippen molar-refractivity contribution < 1.29 is 4.79 Å². The molecule has 4 N–H and O–H groups in total. The third-order valence-electron chi connectivity index (χ3n) is 4.06. The first-order valence-electron chi connectivity index (χ1n) is 6.60. The van der Waals surface area contributed by atoms with Crippen LogP contribution >= 0.6 is 0 Å². The fourth-order valence-corrected chi connectivity index (χ4v) is 2.22. The summed E-state index contributed by atoms with van der Waals surface area (Å²) in [5.74, 6) is -0.119. The molecule has 0 saturated heterocycles. The number of carbonyl (C=O) groups excluding carboxylic acids is 1. The first kappa shape index (κ1) is 14.1. The lowest BCUT2D eigenvalue weighted by atomic mass is 9.93. The SMILES string of the molecule is Cc1ccc(C(=O)c2ccc(C)c(C)c2N)c(N)c1C. The van der Waals surface area contributed by atoms with Crippen molar-refractivity contribution in [3.05, 3.63) is 57.6 Å². The van der Waals surface area contributed by atoms with Crippen molar-refractivity contribution in [1.82, 2.24) is 0 Å². The molecular weight excluding hydrogens is 248 g/mol. The Morgan fingerprint density at radius 1 is 0.750 bits per heavy atom. The van der Waals surface area contributed by atoms with E-state index in [4.69, 9.17) is 11.5 Å². The summed E-state index contributed by atoms with van der Waals surface area (Å²) in [5.41, 5.74) is 18.3. The van der Waals surface area contributed by atoms with E-state index in [9.17, 15) is 4.79 Å². The molecule has 0 radical (unpaired) electrons. The first-order chi connectivity index (χ1) is 9.34. The number of nitrogens with two attached hydrogens (primary N) is 2. The molecular formula is C17H20N2O. The number of anilines is 2. The van der Waals surface area contributed by atoms with E-state index in [1.54, 1.807) is 12.1 Å². The molecule has 0 heterocycles. The van der Waals surface area contributed by atoms with E-state index < -0.39 is 0 Å².